The second-order valence-electron chi connectivity index (χ2n) is 13.6. The normalized spacial score (nSPS) is 18.2. The lowest BCUT2D eigenvalue weighted by atomic mass is 9.77. The lowest BCUT2D eigenvalue weighted by Gasteiger charge is -2.43. The van der Waals surface area contributed by atoms with Crippen molar-refractivity contribution in [1.29, 1.82) is 0 Å². The molecule has 14 nitrogen and oxygen atoms in total. The van der Waals surface area contributed by atoms with Crippen molar-refractivity contribution in [2.24, 2.45) is 5.92 Å². The van der Waals surface area contributed by atoms with Crippen LogP contribution in [0.2, 0.25) is 0 Å². The zero-order valence-electron chi connectivity index (χ0n) is 32.1. The summed E-state index contributed by atoms with van der Waals surface area (Å²) in [5.74, 6) is 0.858. The van der Waals surface area contributed by atoms with Gasteiger partial charge in [0.1, 0.15) is 0 Å². The van der Waals surface area contributed by atoms with Crippen LogP contribution in [0.4, 0.5) is 11.4 Å². The van der Waals surface area contributed by atoms with Crippen LogP contribution in [0, 0.1) is 5.92 Å². The molecular weight excluding hydrogens is 720 g/mol. The molecule has 0 spiro atoms. The average Bonchev–Trinajstić information content (AvgIpc) is 3.62. The van der Waals surface area contributed by atoms with Gasteiger partial charge in [-0.3, -0.25) is 29.0 Å². The van der Waals surface area contributed by atoms with Crippen molar-refractivity contribution in [3.05, 3.63) is 94.5 Å². The number of methoxy groups -OCH3 is 6. The maximum atomic E-state index is 13.6. The number of carbonyl (C=O) groups is 4. The van der Waals surface area contributed by atoms with Crippen molar-refractivity contribution < 1.29 is 47.6 Å². The minimum atomic E-state index is -0.539. The summed E-state index contributed by atoms with van der Waals surface area (Å²) in [6, 6.07) is 18.2. The topological polar surface area (TPSA) is 154 Å². The fourth-order valence-corrected chi connectivity index (χ4v) is 8.17. The average molecular weight is 765 g/mol. The molecule has 14 heteroatoms. The van der Waals surface area contributed by atoms with Crippen LogP contribution in [0.3, 0.4) is 0 Å². The molecule has 4 aromatic carbocycles. The molecule has 3 aliphatic heterocycles. The molecule has 0 aliphatic carbocycles. The molecular formula is C42H44N4O10. The molecule has 3 heterocycles. The van der Waals surface area contributed by atoms with Crippen LogP contribution in [0.1, 0.15) is 72.3 Å². The van der Waals surface area contributed by atoms with E-state index in [2.05, 4.69) is 10.6 Å². The quantitative estimate of drug-likeness (QED) is 0.135. The number of amides is 4. The summed E-state index contributed by atoms with van der Waals surface area (Å²) in [6.45, 7) is 0.314. The highest BCUT2D eigenvalue weighted by Gasteiger charge is 2.43. The number of carbonyl (C=O) groups excluding carboxylic acids is 4. The maximum Gasteiger partial charge on any atom is 0.261 e. The van der Waals surface area contributed by atoms with E-state index in [1.54, 1.807) is 74.9 Å². The Kier molecular flexibility index (Phi) is 10.6. The molecule has 0 radical (unpaired) electrons. The van der Waals surface area contributed by atoms with Gasteiger partial charge in [0, 0.05) is 60.2 Å². The molecule has 3 atom stereocenters. The SMILES string of the molecule is COc1cc(N[C@H]2c3c(cc(OC)c(OC)c3OC)N[C@@H](CCCN3C(=O)c4ccccc4C3=O)[C@@H]2CCN2C(=O)c3ccccc3C2=O)cc(OC)c1OC. The molecule has 0 bridgehead atoms. The summed E-state index contributed by atoms with van der Waals surface area (Å²) in [6.07, 6.45) is 1.32. The third-order valence-electron chi connectivity index (χ3n) is 10.8. The van der Waals surface area contributed by atoms with E-state index in [4.69, 9.17) is 28.4 Å². The highest BCUT2D eigenvalue weighted by Crippen LogP contribution is 2.53. The Balaban J connectivity index is 1.29. The van der Waals surface area contributed by atoms with E-state index < -0.39 is 6.04 Å². The van der Waals surface area contributed by atoms with Gasteiger partial charge in [-0.05, 0) is 43.5 Å². The Morgan fingerprint density at radius 3 is 1.50 bits per heavy atom. The number of nitrogens with one attached hydrogen (secondary N) is 2. The van der Waals surface area contributed by atoms with Gasteiger partial charge in [0.15, 0.2) is 23.0 Å². The van der Waals surface area contributed by atoms with Crippen molar-refractivity contribution in [1.82, 2.24) is 9.80 Å². The van der Waals surface area contributed by atoms with Gasteiger partial charge in [-0.15, -0.1) is 0 Å². The minimum absolute atomic E-state index is 0.117. The molecule has 56 heavy (non-hydrogen) atoms. The highest BCUT2D eigenvalue weighted by atomic mass is 16.5. The number of anilines is 2. The summed E-state index contributed by atoms with van der Waals surface area (Å²) in [7, 11) is 9.24. The smallest absolute Gasteiger partial charge is 0.261 e. The van der Waals surface area contributed by atoms with Crippen LogP contribution in [0.15, 0.2) is 66.7 Å². The Bertz CT molecular complexity index is 2110. The molecule has 7 rings (SSSR count). The molecule has 3 aliphatic rings. The fraction of sp³-hybridized carbons (Fsp3) is 0.333. The van der Waals surface area contributed by atoms with Gasteiger partial charge in [-0.1, -0.05) is 24.3 Å². The standard InChI is InChI=1S/C42H44N4O10/c1-51-31-20-23(21-32(52-2)36(31)54-4)43-35-28(17-19-46-41(49)26-14-9-10-15-27(26)42(46)50)29(44-30-22-33(53-3)37(55-5)38(56-6)34(30)35)16-11-18-45-39(47)24-12-7-8-13-25(24)40(45)48/h7-10,12-15,20-22,28-29,35,43-44H,11,16-19H2,1-6H3/t28-,29-,35+/m0/s1. The molecule has 0 saturated heterocycles. The van der Waals surface area contributed by atoms with Gasteiger partial charge in [0.2, 0.25) is 11.5 Å². The van der Waals surface area contributed by atoms with Crippen LogP contribution in [0.5, 0.6) is 34.5 Å². The van der Waals surface area contributed by atoms with Crippen molar-refractivity contribution in [2.45, 2.75) is 31.3 Å². The molecule has 4 aromatic rings. The number of benzene rings is 4. The van der Waals surface area contributed by atoms with Crippen molar-refractivity contribution in [3.63, 3.8) is 0 Å². The number of rotatable bonds is 15. The molecule has 0 unspecified atom stereocenters. The van der Waals surface area contributed by atoms with Crippen molar-refractivity contribution in [2.75, 3.05) is 66.4 Å². The van der Waals surface area contributed by atoms with Gasteiger partial charge in [0.05, 0.1) is 71.0 Å². The molecule has 4 amide bonds. The number of imide groups is 2. The van der Waals surface area contributed by atoms with E-state index in [9.17, 15) is 19.2 Å². The molecule has 2 N–H and O–H groups in total. The van der Waals surface area contributed by atoms with Crippen molar-refractivity contribution >= 4 is 35.0 Å². The maximum absolute atomic E-state index is 13.6. The van der Waals surface area contributed by atoms with E-state index in [-0.39, 0.29) is 48.7 Å². The first-order valence-corrected chi connectivity index (χ1v) is 18.3. The predicted octanol–water partition coefficient (Wildman–Crippen LogP) is 6.06. The monoisotopic (exact) mass is 764 g/mol. The summed E-state index contributed by atoms with van der Waals surface area (Å²) >= 11 is 0. The molecule has 292 valence electrons. The molecule has 0 fully saturated rings. The Morgan fingerprint density at radius 1 is 0.571 bits per heavy atom. The van der Waals surface area contributed by atoms with Gasteiger partial charge in [-0.2, -0.15) is 0 Å². The van der Waals surface area contributed by atoms with Crippen LogP contribution >= 0.6 is 0 Å². The van der Waals surface area contributed by atoms with Gasteiger partial charge in [0.25, 0.3) is 23.6 Å². The number of nitrogens with zero attached hydrogens (tertiary/aromatic N) is 2. The van der Waals surface area contributed by atoms with Gasteiger partial charge in [-0.25, -0.2) is 0 Å². The highest BCUT2D eigenvalue weighted by molar-refractivity contribution is 6.22. The molecule has 0 aromatic heterocycles. The zero-order chi connectivity index (χ0) is 39.7. The first-order valence-electron chi connectivity index (χ1n) is 18.3. The zero-order valence-corrected chi connectivity index (χ0v) is 32.1. The second kappa shape index (κ2) is 15.7. The van der Waals surface area contributed by atoms with Crippen LogP contribution in [0.25, 0.3) is 0 Å². The summed E-state index contributed by atoms with van der Waals surface area (Å²) in [4.78, 5) is 56.3. The van der Waals surface area contributed by atoms with Gasteiger partial charge >= 0.3 is 0 Å². The number of hydrogen-bond donors (Lipinski definition) is 2. The van der Waals surface area contributed by atoms with E-state index in [1.165, 1.54) is 38.2 Å². The largest absolute Gasteiger partial charge is 0.493 e. The molecule has 0 saturated carbocycles. The first-order chi connectivity index (χ1) is 27.2. The first kappa shape index (κ1) is 37.9. The number of ether oxygens (including phenoxy) is 6. The summed E-state index contributed by atoms with van der Waals surface area (Å²) < 4.78 is 34.6. The Labute approximate surface area is 324 Å². The van der Waals surface area contributed by atoms with Crippen LogP contribution in [-0.4, -0.2) is 95.2 Å². The lowest BCUT2D eigenvalue weighted by Crippen LogP contribution is -2.44. The van der Waals surface area contributed by atoms with Crippen LogP contribution < -0.4 is 39.1 Å². The Hall–Kier alpha value is -6.44. The Morgan fingerprint density at radius 2 is 1.04 bits per heavy atom. The van der Waals surface area contributed by atoms with E-state index in [1.807, 2.05) is 6.07 Å². The fourth-order valence-electron chi connectivity index (χ4n) is 8.17. The predicted molar refractivity (Wildman–Crippen MR) is 207 cm³/mol. The number of hydrogen-bond acceptors (Lipinski definition) is 12. The summed E-state index contributed by atoms with van der Waals surface area (Å²) in [5, 5.41) is 7.42. The number of fused-ring (bicyclic) bond motifs is 3. The van der Waals surface area contributed by atoms with Crippen LogP contribution in [-0.2, 0) is 0 Å². The van der Waals surface area contributed by atoms with E-state index in [0.717, 1.165) is 5.56 Å². The lowest BCUT2D eigenvalue weighted by molar-refractivity contribution is 0.0635. The van der Waals surface area contributed by atoms with E-state index in [0.29, 0.717) is 87.4 Å². The van der Waals surface area contributed by atoms with E-state index >= 15 is 0 Å². The van der Waals surface area contributed by atoms with Crippen molar-refractivity contribution in [3.8, 4) is 34.5 Å². The third-order valence-corrected chi connectivity index (χ3v) is 10.8. The second-order valence-corrected chi connectivity index (χ2v) is 13.6. The minimum Gasteiger partial charge on any atom is -0.493 e. The van der Waals surface area contributed by atoms with Gasteiger partial charge < -0.3 is 39.1 Å². The third kappa shape index (κ3) is 6.44. The summed E-state index contributed by atoms with van der Waals surface area (Å²) in [5.41, 5.74) is 3.58.